The molecule has 1 unspecified atom stereocenters. The van der Waals surface area contributed by atoms with Crippen molar-refractivity contribution in [2.45, 2.75) is 68.7 Å². The maximum atomic E-state index is 15.4. The largest absolute Gasteiger partial charge is 0.466 e. The molecule has 0 spiro atoms. The van der Waals surface area contributed by atoms with E-state index in [1.54, 1.807) is 26.0 Å². The average molecular weight is 608 g/mol. The molecule has 224 valence electrons. The SMILES string of the molecule is CCOC(=O)CC(Nc1nc(-c2c[nH]c3ncc(F)c(S(=O)(=O)c4ccc(C)cc4)c23)c(C#N)cc1F)C1(C)CCCC1. The average Bonchev–Trinajstić information content (AvgIpc) is 3.60. The summed E-state index contributed by atoms with van der Waals surface area (Å²) < 4.78 is 63.5. The number of ether oxygens (including phenoxy) is 1. The van der Waals surface area contributed by atoms with Gasteiger partial charge >= 0.3 is 5.97 Å². The minimum Gasteiger partial charge on any atom is -0.466 e. The van der Waals surface area contributed by atoms with E-state index in [4.69, 9.17) is 4.74 Å². The molecule has 9 nitrogen and oxygen atoms in total. The van der Waals surface area contributed by atoms with E-state index in [9.17, 15) is 18.5 Å². The third kappa shape index (κ3) is 5.69. The van der Waals surface area contributed by atoms with Crippen LogP contribution in [0.5, 0.6) is 0 Å². The van der Waals surface area contributed by atoms with Crippen molar-refractivity contribution >= 4 is 32.7 Å². The van der Waals surface area contributed by atoms with E-state index in [1.807, 2.05) is 13.0 Å². The summed E-state index contributed by atoms with van der Waals surface area (Å²) in [5.41, 5.74) is 0.311. The molecule has 0 aliphatic heterocycles. The van der Waals surface area contributed by atoms with Crippen LogP contribution in [0, 0.1) is 35.3 Å². The molecular formula is C31H31F2N5O4S. The van der Waals surface area contributed by atoms with Gasteiger partial charge in [-0.05, 0) is 50.3 Å². The number of nitriles is 1. The second-order valence-corrected chi connectivity index (χ2v) is 13.0. The molecule has 12 heteroatoms. The Morgan fingerprint density at radius 3 is 2.56 bits per heavy atom. The summed E-state index contributed by atoms with van der Waals surface area (Å²) in [6, 6.07) is 8.34. The zero-order chi connectivity index (χ0) is 30.9. The molecule has 1 aromatic carbocycles. The van der Waals surface area contributed by atoms with Crippen molar-refractivity contribution in [1.82, 2.24) is 15.0 Å². The molecule has 5 rings (SSSR count). The van der Waals surface area contributed by atoms with Crippen molar-refractivity contribution in [3.63, 3.8) is 0 Å². The highest BCUT2D eigenvalue weighted by Gasteiger charge is 2.39. The monoisotopic (exact) mass is 607 g/mol. The van der Waals surface area contributed by atoms with Gasteiger partial charge in [0.25, 0.3) is 0 Å². The number of aryl methyl sites for hydroxylation is 1. The summed E-state index contributed by atoms with van der Waals surface area (Å²) in [6.45, 7) is 5.73. The van der Waals surface area contributed by atoms with Gasteiger partial charge in [0.05, 0.1) is 40.8 Å². The Morgan fingerprint density at radius 2 is 1.91 bits per heavy atom. The van der Waals surface area contributed by atoms with Crippen molar-refractivity contribution in [2.75, 3.05) is 11.9 Å². The zero-order valence-corrected chi connectivity index (χ0v) is 24.8. The number of fused-ring (bicyclic) bond motifs is 1. The number of aromatic amines is 1. The molecule has 3 heterocycles. The maximum Gasteiger partial charge on any atom is 0.307 e. The fraction of sp³-hybridized carbons (Fsp3) is 0.355. The number of rotatable bonds is 9. The van der Waals surface area contributed by atoms with E-state index >= 15 is 8.78 Å². The molecule has 0 bridgehead atoms. The quantitative estimate of drug-likeness (QED) is 0.214. The Morgan fingerprint density at radius 1 is 1.21 bits per heavy atom. The number of hydrogen-bond acceptors (Lipinski definition) is 8. The number of carbonyl (C=O) groups excluding carboxylic acids is 1. The van der Waals surface area contributed by atoms with Crippen LogP contribution < -0.4 is 5.32 Å². The van der Waals surface area contributed by atoms with E-state index in [0.717, 1.165) is 43.5 Å². The first-order valence-electron chi connectivity index (χ1n) is 14.0. The number of nitrogens with zero attached hydrogens (tertiary/aromatic N) is 3. The number of halogens is 2. The number of hydrogen-bond donors (Lipinski definition) is 2. The van der Waals surface area contributed by atoms with E-state index in [-0.39, 0.29) is 57.0 Å². The molecule has 0 radical (unpaired) electrons. The molecular weight excluding hydrogens is 576 g/mol. The lowest BCUT2D eigenvalue weighted by molar-refractivity contribution is -0.144. The molecule has 1 saturated carbocycles. The van der Waals surface area contributed by atoms with Crippen LogP contribution in [0.15, 0.2) is 52.5 Å². The smallest absolute Gasteiger partial charge is 0.307 e. The van der Waals surface area contributed by atoms with Gasteiger partial charge in [0, 0.05) is 17.8 Å². The van der Waals surface area contributed by atoms with Crippen LogP contribution in [-0.2, 0) is 19.4 Å². The fourth-order valence-electron chi connectivity index (χ4n) is 5.76. The first-order valence-corrected chi connectivity index (χ1v) is 15.5. The Labute approximate surface area is 248 Å². The molecule has 1 aliphatic carbocycles. The van der Waals surface area contributed by atoms with Crippen molar-refractivity contribution in [2.24, 2.45) is 5.41 Å². The van der Waals surface area contributed by atoms with E-state index in [2.05, 4.69) is 20.3 Å². The molecule has 0 amide bonds. The summed E-state index contributed by atoms with van der Waals surface area (Å²) in [4.78, 5) is 23.0. The summed E-state index contributed by atoms with van der Waals surface area (Å²) >= 11 is 0. The molecule has 1 aliphatic rings. The predicted molar refractivity (Wildman–Crippen MR) is 156 cm³/mol. The van der Waals surface area contributed by atoms with Crippen LogP contribution in [0.25, 0.3) is 22.3 Å². The van der Waals surface area contributed by atoms with E-state index in [0.29, 0.717) is 0 Å². The second kappa shape index (κ2) is 11.7. The molecule has 2 N–H and O–H groups in total. The van der Waals surface area contributed by atoms with Gasteiger partial charge in [0.2, 0.25) is 9.84 Å². The summed E-state index contributed by atoms with van der Waals surface area (Å²) in [5, 5.41) is 12.9. The van der Waals surface area contributed by atoms with Gasteiger partial charge in [-0.25, -0.2) is 27.2 Å². The maximum absolute atomic E-state index is 15.4. The predicted octanol–water partition coefficient (Wildman–Crippen LogP) is 6.23. The summed E-state index contributed by atoms with van der Waals surface area (Å²) in [5.74, 6) is -2.58. The first-order chi connectivity index (χ1) is 20.5. The van der Waals surface area contributed by atoms with Gasteiger partial charge < -0.3 is 15.0 Å². The third-order valence-corrected chi connectivity index (χ3v) is 9.97. The molecule has 1 fully saturated rings. The van der Waals surface area contributed by atoms with Gasteiger partial charge in [-0.15, -0.1) is 0 Å². The van der Waals surface area contributed by atoms with Crippen LogP contribution in [0.4, 0.5) is 14.6 Å². The highest BCUT2D eigenvalue weighted by Crippen LogP contribution is 2.44. The number of esters is 1. The highest BCUT2D eigenvalue weighted by atomic mass is 32.2. The first kappa shape index (κ1) is 30.1. The fourth-order valence-corrected chi connectivity index (χ4v) is 7.28. The van der Waals surface area contributed by atoms with Crippen molar-refractivity contribution in [1.29, 1.82) is 5.26 Å². The van der Waals surface area contributed by atoms with E-state index in [1.165, 1.54) is 18.3 Å². The Hall–Kier alpha value is -4.37. The van der Waals surface area contributed by atoms with Crippen molar-refractivity contribution in [3.05, 3.63) is 65.5 Å². The Bertz CT molecular complexity index is 1840. The number of H-pyrrole nitrogens is 1. The number of pyridine rings is 2. The molecule has 4 aromatic rings. The van der Waals surface area contributed by atoms with Crippen LogP contribution in [0.2, 0.25) is 0 Å². The highest BCUT2D eigenvalue weighted by molar-refractivity contribution is 7.91. The zero-order valence-electron chi connectivity index (χ0n) is 24.0. The summed E-state index contributed by atoms with van der Waals surface area (Å²) in [7, 11) is -4.40. The van der Waals surface area contributed by atoms with Gasteiger partial charge in [0.15, 0.2) is 17.5 Å². The number of anilines is 1. The van der Waals surface area contributed by atoms with Crippen LogP contribution >= 0.6 is 0 Å². The number of carbonyl (C=O) groups is 1. The lowest BCUT2D eigenvalue weighted by atomic mass is 9.79. The molecule has 3 aromatic heterocycles. The van der Waals surface area contributed by atoms with Crippen LogP contribution in [0.3, 0.4) is 0 Å². The molecule has 0 saturated heterocycles. The lowest BCUT2D eigenvalue weighted by Crippen LogP contribution is -2.39. The minimum absolute atomic E-state index is 0.0258. The molecule has 1 atom stereocenters. The number of aromatic nitrogens is 3. The van der Waals surface area contributed by atoms with Gasteiger partial charge in [-0.2, -0.15) is 5.26 Å². The van der Waals surface area contributed by atoms with Crippen LogP contribution in [-0.4, -0.2) is 42.0 Å². The van der Waals surface area contributed by atoms with Crippen molar-refractivity contribution < 1.29 is 26.7 Å². The molecule has 43 heavy (non-hydrogen) atoms. The third-order valence-electron chi connectivity index (χ3n) is 8.14. The van der Waals surface area contributed by atoms with Crippen molar-refractivity contribution in [3.8, 4) is 17.3 Å². The summed E-state index contributed by atoms with van der Waals surface area (Å²) in [6.07, 6.45) is 5.68. The Balaban J connectivity index is 1.66. The van der Waals surface area contributed by atoms with Gasteiger partial charge in [-0.1, -0.05) is 37.5 Å². The van der Waals surface area contributed by atoms with Crippen LogP contribution in [0.1, 0.15) is 57.1 Å². The normalized spacial score (nSPS) is 15.3. The standard InChI is InChI=1S/C31H31F2N5O4S/c1-4-42-25(39)14-24(31(3)11-5-6-12-31)37-29-22(32)13-19(15-34)27(38-29)21-16-35-30-26(21)28(23(33)17-36-30)43(40,41)20-9-7-18(2)8-10-20/h7-10,13,16-17,24H,4-6,11-12,14H2,1-3H3,(H,35,36)(H,37,38). The van der Waals surface area contributed by atoms with Gasteiger partial charge in [-0.3, -0.25) is 4.79 Å². The lowest BCUT2D eigenvalue weighted by Gasteiger charge is -2.34. The van der Waals surface area contributed by atoms with E-state index < -0.39 is 38.4 Å². The van der Waals surface area contributed by atoms with Gasteiger partial charge in [0.1, 0.15) is 16.6 Å². The number of benzene rings is 1. The minimum atomic E-state index is -4.40. The Kier molecular flexibility index (Phi) is 8.21. The number of sulfone groups is 1. The topological polar surface area (TPSA) is 138 Å². The second-order valence-electron chi connectivity index (χ2n) is 11.1. The number of nitrogens with one attached hydrogen (secondary N) is 2.